The van der Waals surface area contributed by atoms with Gasteiger partial charge in [0, 0.05) is 17.4 Å². The third-order valence-electron chi connectivity index (χ3n) is 3.14. The summed E-state index contributed by atoms with van der Waals surface area (Å²) in [4.78, 5) is 30.7. The second kappa shape index (κ2) is 4.41. The van der Waals surface area contributed by atoms with Crippen LogP contribution in [0, 0.1) is 6.92 Å². The van der Waals surface area contributed by atoms with Gasteiger partial charge >= 0.3 is 5.97 Å². The maximum Gasteiger partial charge on any atom is 0.339 e. The molecule has 0 aliphatic carbocycles. The van der Waals surface area contributed by atoms with Crippen LogP contribution < -0.4 is 5.32 Å². The van der Waals surface area contributed by atoms with E-state index in [1.165, 1.54) is 6.20 Å². The van der Waals surface area contributed by atoms with Gasteiger partial charge in [-0.15, -0.1) is 0 Å². The summed E-state index contributed by atoms with van der Waals surface area (Å²) in [5.41, 5.74) is 2.70. The molecule has 0 unspecified atom stereocenters. The highest BCUT2D eigenvalue weighted by molar-refractivity contribution is 6.00. The molecular weight excluding hydrogens is 258 g/mol. The van der Waals surface area contributed by atoms with Gasteiger partial charge in [0.2, 0.25) is 5.91 Å². The highest BCUT2D eigenvalue weighted by Gasteiger charge is 2.20. The zero-order valence-corrected chi connectivity index (χ0v) is 10.7. The predicted octanol–water partition coefficient (Wildman–Crippen LogP) is 1.64. The highest BCUT2D eigenvalue weighted by atomic mass is 16.4. The average molecular weight is 269 g/mol. The monoisotopic (exact) mass is 269 g/mol. The van der Waals surface area contributed by atoms with E-state index in [0.717, 1.165) is 11.3 Å². The SMILES string of the molecule is Cc1ncc(C(=O)O)c(-c2ccc3c(c2)CC(=O)N3)n1. The van der Waals surface area contributed by atoms with E-state index in [0.29, 0.717) is 23.5 Å². The Hall–Kier alpha value is -2.76. The number of rotatable bonds is 2. The van der Waals surface area contributed by atoms with Crippen molar-refractivity contribution < 1.29 is 14.7 Å². The Bertz CT molecular complexity index is 740. The molecule has 1 aliphatic heterocycles. The summed E-state index contributed by atoms with van der Waals surface area (Å²) in [6.07, 6.45) is 1.60. The van der Waals surface area contributed by atoms with Gasteiger partial charge in [-0.1, -0.05) is 6.07 Å². The van der Waals surface area contributed by atoms with E-state index in [1.807, 2.05) is 0 Å². The summed E-state index contributed by atoms with van der Waals surface area (Å²) in [6.45, 7) is 1.70. The predicted molar refractivity (Wildman–Crippen MR) is 71.5 cm³/mol. The van der Waals surface area contributed by atoms with Crippen LogP contribution in [0.15, 0.2) is 24.4 Å². The first kappa shape index (κ1) is 12.3. The molecular formula is C14H11N3O3. The number of aromatic nitrogens is 2. The largest absolute Gasteiger partial charge is 0.478 e. The van der Waals surface area contributed by atoms with Gasteiger partial charge in [-0.05, 0) is 24.6 Å². The van der Waals surface area contributed by atoms with Crippen molar-refractivity contribution in [1.29, 1.82) is 0 Å². The van der Waals surface area contributed by atoms with Crippen LogP contribution in [0.25, 0.3) is 11.3 Å². The minimum Gasteiger partial charge on any atom is -0.478 e. The molecule has 0 fully saturated rings. The second-order valence-electron chi connectivity index (χ2n) is 4.58. The number of carbonyl (C=O) groups is 2. The van der Waals surface area contributed by atoms with Crippen LogP contribution in [-0.2, 0) is 11.2 Å². The summed E-state index contributed by atoms with van der Waals surface area (Å²) in [6, 6.07) is 5.30. The summed E-state index contributed by atoms with van der Waals surface area (Å²) in [5, 5.41) is 11.9. The Balaban J connectivity index is 2.14. The zero-order valence-electron chi connectivity index (χ0n) is 10.7. The molecule has 1 aliphatic rings. The van der Waals surface area contributed by atoms with Crippen molar-refractivity contribution in [2.75, 3.05) is 5.32 Å². The number of hydrogen-bond acceptors (Lipinski definition) is 4. The molecule has 2 heterocycles. The number of fused-ring (bicyclic) bond motifs is 1. The number of carboxylic acids is 1. The number of carboxylic acid groups (broad SMARTS) is 1. The molecule has 1 amide bonds. The number of hydrogen-bond donors (Lipinski definition) is 2. The van der Waals surface area contributed by atoms with Crippen molar-refractivity contribution in [1.82, 2.24) is 9.97 Å². The molecule has 0 bridgehead atoms. The fourth-order valence-corrected chi connectivity index (χ4v) is 2.22. The number of anilines is 1. The van der Waals surface area contributed by atoms with Gasteiger partial charge in [-0.2, -0.15) is 0 Å². The Kier molecular flexibility index (Phi) is 2.71. The molecule has 1 aromatic carbocycles. The summed E-state index contributed by atoms with van der Waals surface area (Å²) in [7, 11) is 0. The lowest BCUT2D eigenvalue weighted by Crippen LogP contribution is -2.04. The molecule has 0 saturated heterocycles. The molecule has 0 atom stereocenters. The first-order valence-corrected chi connectivity index (χ1v) is 6.04. The summed E-state index contributed by atoms with van der Waals surface area (Å²) >= 11 is 0. The molecule has 1 aromatic heterocycles. The fraction of sp³-hybridized carbons (Fsp3) is 0.143. The smallest absolute Gasteiger partial charge is 0.339 e. The summed E-state index contributed by atoms with van der Waals surface area (Å²) < 4.78 is 0. The molecule has 3 rings (SSSR count). The van der Waals surface area contributed by atoms with Crippen LogP contribution in [0.5, 0.6) is 0 Å². The first-order chi connectivity index (χ1) is 9.54. The lowest BCUT2D eigenvalue weighted by atomic mass is 10.0. The van der Waals surface area contributed by atoms with Crippen LogP contribution in [0.3, 0.4) is 0 Å². The average Bonchev–Trinajstić information content (AvgIpc) is 2.77. The van der Waals surface area contributed by atoms with Crippen LogP contribution in [-0.4, -0.2) is 27.0 Å². The van der Waals surface area contributed by atoms with Crippen molar-refractivity contribution in [2.45, 2.75) is 13.3 Å². The van der Waals surface area contributed by atoms with Crippen molar-refractivity contribution in [3.8, 4) is 11.3 Å². The lowest BCUT2D eigenvalue weighted by molar-refractivity contribution is -0.115. The standard InChI is InChI=1S/C14H11N3O3/c1-7-15-6-10(14(19)20)13(16-7)8-2-3-11-9(4-8)5-12(18)17-11/h2-4,6H,5H2,1H3,(H,17,18)(H,19,20). The van der Waals surface area contributed by atoms with Crippen LogP contribution in [0.1, 0.15) is 21.7 Å². The number of benzene rings is 1. The Morgan fingerprint density at radius 3 is 2.95 bits per heavy atom. The molecule has 20 heavy (non-hydrogen) atoms. The minimum absolute atomic E-state index is 0.0489. The van der Waals surface area contributed by atoms with Crippen molar-refractivity contribution >= 4 is 17.6 Å². The number of amides is 1. The third kappa shape index (κ3) is 2.01. The molecule has 0 saturated carbocycles. The number of nitrogens with zero attached hydrogens (tertiary/aromatic N) is 2. The van der Waals surface area contributed by atoms with E-state index >= 15 is 0 Å². The molecule has 2 aromatic rings. The van der Waals surface area contributed by atoms with E-state index in [9.17, 15) is 14.7 Å². The van der Waals surface area contributed by atoms with E-state index in [4.69, 9.17) is 0 Å². The van der Waals surface area contributed by atoms with E-state index in [1.54, 1.807) is 25.1 Å². The molecule has 2 N–H and O–H groups in total. The van der Waals surface area contributed by atoms with Crippen molar-refractivity contribution in [3.05, 3.63) is 41.3 Å². The van der Waals surface area contributed by atoms with Crippen molar-refractivity contribution in [2.24, 2.45) is 0 Å². The van der Waals surface area contributed by atoms with E-state index < -0.39 is 5.97 Å². The van der Waals surface area contributed by atoms with Gasteiger partial charge in [-0.25, -0.2) is 14.8 Å². The Labute approximate surface area is 114 Å². The molecule has 6 nitrogen and oxygen atoms in total. The van der Waals surface area contributed by atoms with Gasteiger partial charge in [0.15, 0.2) is 0 Å². The second-order valence-corrected chi connectivity index (χ2v) is 4.58. The maximum absolute atomic E-state index is 11.3. The molecule has 0 radical (unpaired) electrons. The van der Waals surface area contributed by atoms with E-state index in [-0.39, 0.29) is 11.5 Å². The Morgan fingerprint density at radius 2 is 2.20 bits per heavy atom. The van der Waals surface area contributed by atoms with Gasteiger partial charge in [0.1, 0.15) is 11.4 Å². The van der Waals surface area contributed by atoms with Gasteiger partial charge in [0.25, 0.3) is 0 Å². The summed E-state index contributed by atoms with van der Waals surface area (Å²) in [5.74, 6) is -0.635. The van der Waals surface area contributed by atoms with Crippen LogP contribution >= 0.6 is 0 Å². The molecule has 100 valence electrons. The molecule has 6 heteroatoms. The minimum atomic E-state index is -1.07. The van der Waals surface area contributed by atoms with E-state index in [2.05, 4.69) is 15.3 Å². The zero-order chi connectivity index (χ0) is 14.3. The number of aromatic carboxylic acids is 1. The quantitative estimate of drug-likeness (QED) is 0.864. The number of aryl methyl sites for hydroxylation is 1. The van der Waals surface area contributed by atoms with Crippen LogP contribution in [0.4, 0.5) is 5.69 Å². The van der Waals surface area contributed by atoms with Gasteiger partial charge < -0.3 is 10.4 Å². The maximum atomic E-state index is 11.3. The molecule has 0 spiro atoms. The van der Waals surface area contributed by atoms with Crippen LogP contribution in [0.2, 0.25) is 0 Å². The highest BCUT2D eigenvalue weighted by Crippen LogP contribution is 2.29. The third-order valence-corrected chi connectivity index (χ3v) is 3.14. The first-order valence-electron chi connectivity index (χ1n) is 6.04. The number of nitrogens with one attached hydrogen (secondary N) is 1. The lowest BCUT2D eigenvalue weighted by Gasteiger charge is -2.07. The normalized spacial score (nSPS) is 12.9. The van der Waals surface area contributed by atoms with Gasteiger partial charge in [-0.3, -0.25) is 4.79 Å². The fourth-order valence-electron chi connectivity index (χ4n) is 2.22. The topological polar surface area (TPSA) is 92.2 Å². The Morgan fingerprint density at radius 1 is 1.40 bits per heavy atom. The van der Waals surface area contributed by atoms with Crippen molar-refractivity contribution in [3.63, 3.8) is 0 Å². The van der Waals surface area contributed by atoms with Gasteiger partial charge in [0.05, 0.1) is 12.1 Å². The number of carbonyl (C=O) groups excluding carboxylic acids is 1.